The van der Waals surface area contributed by atoms with Crippen LogP contribution in [0.25, 0.3) is 0 Å². The summed E-state index contributed by atoms with van der Waals surface area (Å²) in [6, 6.07) is 8.32. The normalized spacial score (nSPS) is 11.6. The van der Waals surface area contributed by atoms with E-state index in [0.717, 1.165) is 12.1 Å². The van der Waals surface area contributed by atoms with E-state index in [1.807, 2.05) is 0 Å². The summed E-state index contributed by atoms with van der Waals surface area (Å²) >= 11 is 5.81. The summed E-state index contributed by atoms with van der Waals surface area (Å²) < 4.78 is 17.9. The van der Waals surface area contributed by atoms with E-state index in [9.17, 15) is 14.0 Å². The van der Waals surface area contributed by atoms with E-state index in [0.29, 0.717) is 0 Å². The minimum atomic E-state index is -1.06. The number of hydrogen-bond donors (Lipinski definition) is 1. The molecule has 2 rings (SSSR count). The number of carbonyl (C=O) groups excluding carboxylic acids is 2. The molecule has 0 fully saturated rings. The van der Waals surface area contributed by atoms with Crippen molar-refractivity contribution < 1.29 is 18.7 Å². The first-order valence-electron chi connectivity index (χ1n) is 6.35. The van der Waals surface area contributed by atoms with Crippen molar-refractivity contribution in [2.45, 2.75) is 13.0 Å². The number of esters is 1. The molecule has 0 aliphatic heterocycles. The number of ether oxygens (including phenoxy) is 1. The molecule has 1 aromatic carbocycles. The Labute approximate surface area is 131 Å². The molecule has 0 aliphatic rings. The molecule has 2 aromatic rings. The van der Waals surface area contributed by atoms with E-state index in [2.05, 4.69) is 10.3 Å². The number of nitrogens with one attached hydrogen (secondary N) is 1. The fraction of sp³-hybridized carbons (Fsp3) is 0.133. The second kappa shape index (κ2) is 7.00. The number of carbonyl (C=O) groups is 2. The molecular formula is C15H12ClFN2O3. The Morgan fingerprint density at radius 2 is 2.09 bits per heavy atom. The van der Waals surface area contributed by atoms with E-state index in [-0.39, 0.29) is 16.4 Å². The maximum atomic E-state index is 12.9. The van der Waals surface area contributed by atoms with Crippen molar-refractivity contribution in [2.75, 3.05) is 5.32 Å². The van der Waals surface area contributed by atoms with Gasteiger partial charge in [0.2, 0.25) is 0 Å². The molecule has 1 heterocycles. The number of rotatable bonds is 4. The second-order valence-corrected chi connectivity index (χ2v) is 4.78. The predicted octanol–water partition coefficient (Wildman–Crippen LogP) is 3.06. The largest absolute Gasteiger partial charge is 0.448 e. The van der Waals surface area contributed by atoms with Crippen LogP contribution in [0.3, 0.4) is 0 Å². The highest BCUT2D eigenvalue weighted by Gasteiger charge is 2.20. The molecule has 1 N–H and O–H groups in total. The minimum Gasteiger partial charge on any atom is -0.448 e. The van der Waals surface area contributed by atoms with Crippen LogP contribution in [-0.4, -0.2) is 23.0 Å². The van der Waals surface area contributed by atoms with Gasteiger partial charge in [-0.15, -0.1) is 0 Å². The molecule has 1 amide bonds. The van der Waals surface area contributed by atoms with Crippen molar-refractivity contribution >= 4 is 29.2 Å². The number of nitrogens with zero attached hydrogens (tertiary/aromatic N) is 1. The maximum Gasteiger partial charge on any atom is 0.357 e. The van der Waals surface area contributed by atoms with Crippen molar-refractivity contribution in [3.8, 4) is 0 Å². The van der Waals surface area contributed by atoms with Gasteiger partial charge < -0.3 is 10.1 Å². The predicted molar refractivity (Wildman–Crippen MR) is 79.2 cm³/mol. The zero-order chi connectivity index (χ0) is 16.1. The quantitative estimate of drug-likeness (QED) is 0.878. The van der Waals surface area contributed by atoms with E-state index in [4.69, 9.17) is 16.3 Å². The topological polar surface area (TPSA) is 68.3 Å². The molecule has 0 aliphatic carbocycles. The first kappa shape index (κ1) is 15.9. The highest BCUT2D eigenvalue weighted by atomic mass is 35.5. The number of hydrogen-bond acceptors (Lipinski definition) is 4. The van der Waals surface area contributed by atoms with Crippen molar-refractivity contribution in [2.24, 2.45) is 0 Å². The average Bonchev–Trinajstić information content (AvgIpc) is 2.50. The Balaban J connectivity index is 1.99. The number of pyridine rings is 1. The summed E-state index contributed by atoms with van der Waals surface area (Å²) in [6.07, 6.45) is 0.384. The number of aromatic nitrogens is 1. The van der Waals surface area contributed by atoms with Gasteiger partial charge >= 0.3 is 5.97 Å². The van der Waals surface area contributed by atoms with Crippen LogP contribution in [0.5, 0.6) is 0 Å². The Kier molecular flexibility index (Phi) is 5.06. The standard InChI is InChI=1S/C15H12ClFN2O3/c1-9(22-15(21)13-4-2-3-7-18-13)14(20)19-12-6-5-10(17)8-11(12)16/h2-9H,1H3,(H,19,20). The Morgan fingerprint density at radius 3 is 2.73 bits per heavy atom. The molecule has 1 aromatic heterocycles. The minimum absolute atomic E-state index is 0.0524. The molecule has 0 saturated carbocycles. The summed E-state index contributed by atoms with van der Waals surface area (Å²) in [5.74, 6) is -1.82. The van der Waals surface area contributed by atoms with Crippen molar-refractivity contribution in [3.05, 3.63) is 59.1 Å². The molecule has 7 heteroatoms. The molecule has 0 radical (unpaired) electrons. The van der Waals surface area contributed by atoms with Crippen LogP contribution >= 0.6 is 11.6 Å². The Morgan fingerprint density at radius 1 is 1.32 bits per heavy atom. The number of benzene rings is 1. The molecule has 0 spiro atoms. The molecule has 1 unspecified atom stereocenters. The zero-order valence-corrected chi connectivity index (χ0v) is 12.3. The summed E-state index contributed by atoms with van der Waals surface area (Å²) in [6.45, 7) is 1.41. The highest BCUT2D eigenvalue weighted by molar-refractivity contribution is 6.33. The van der Waals surface area contributed by atoms with E-state index in [1.54, 1.807) is 12.1 Å². The Hall–Kier alpha value is -2.47. The maximum absolute atomic E-state index is 12.9. The third-order valence-electron chi connectivity index (χ3n) is 2.72. The number of amides is 1. The van der Waals surface area contributed by atoms with Gasteiger partial charge in [-0.1, -0.05) is 17.7 Å². The van der Waals surface area contributed by atoms with Gasteiger partial charge in [-0.25, -0.2) is 14.2 Å². The lowest BCUT2D eigenvalue weighted by Gasteiger charge is -2.14. The van der Waals surface area contributed by atoms with Crippen LogP contribution in [0.1, 0.15) is 17.4 Å². The van der Waals surface area contributed by atoms with Crippen LogP contribution in [0.2, 0.25) is 5.02 Å². The zero-order valence-electron chi connectivity index (χ0n) is 11.5. The molecule has 0 bridgehead atoms. The van der Waals surface area contributed by atoms with E-state index < -0.39 is 23.8 Å². The van der Waals surface area contributed by atoms with E-state index >= 15 is 0 Å². The van der Waals surface area contributed by atoms with Crippen LogP contribution in [-0.2, 0) is 9.53 Å². The summed E-state index contributed by atoms with van der Waals surface area (Å²) in [4.78, 5) is 27.6. The summed E-state index contributed by atoms with van der Waals surface area (Å²) in [5, 5.41) is 2.51. The lowest BCUT2D eigenvalue weighted by molar-refractivity contribution is -0.123. The van der Waals surface area contributed by atoms with Gasteiger partial charge in [0.25, 0.3) is 5.91 Å². The van der Waals surface area contributed by atoms with Crippen LogP contribution in [0, 0.1) is 5.82 Å². The lowest BCUT2D eigenvalue weighted by atomic mass is 10.3. The fourth-order valence-corrected chi connectivity index (χ4v) is 1.80. The van der Waals surface area contributed by atoms with E-state index in [1.165, 1.54) is 25.3 Å². The lowest BCUT2D eigenvalue weighted by Crippen LogP contribution is -2.30. The molecule has 1 atom stereocenters. The Bertz CT molecular complexity index is 694. The molecule has 114 valence electrons. The molecule has 0 saturated heterocycles. The highest BCUT2D eigenvalue weighted by Crippen LogP contribution is 2.22. The first-order chi connectivity index (χ1) is 10.5. The van der Waals surface area contributed by atoms with Crippen LogP contribution in [0.4, 0.5) is 10.1 Å². The van der Waals surface area contributed by atoms with Gasteiger partial charge in [0.05, 0.1) is 10.7 Å². The summed E-state index contributed by atoms with van der Waals surface area (Å²) in [5.41, 5.74) is 0.329. The number of anilines is 1. The SMILES string of the molecule is CC(OC(=O)c1ccccn1)C(=O)Nc1ccc(F)cc1Cl. The third kappa shape index (κ3) is 4.02. The van der Waals surface area contributed by atoms with Crippen LogP contribution in [0.15, 0.2) is 42.6 Å². The average molecular weight is 323 g/mol. The fourth-order valence-electron chi connectivity index (χ4n) is 1.58. The van der Waals surface area contributed by atoms with Gasteiger partial charge in [0.1, 0.15) is 11.5 Å². The smallest absolute Gasteiger partial charge is 0.357 e. The van der Waals surface area contributed by atoms with Gasteiger partial charge in [0, 0.05) is 6.20 Å². The summed E-state index contributed by atoms with van der Waals surface area (Å²) in [7, 11) is 0. The first-order valence-corrected chi connectivity index (χ1v) is 6.73. The van der Waals surface area contributed by atoms with Crippen molar-refractivity contribution in [1.82, 2.24) is 4.98 Å². The number of halogens is 2. The van der Waals surface area contributed by atoms with Crippen molar-refractivity contribution in [3.63, 3.8) is 0 Å². The molecule has 5 nitrogen and oxygen atoms in total. The van der Waals surface area contributed by atoms with Gasteiger partial charge in [-0.3, -0.25) is 4.79 Å². The van der Waals surface area contributed by atoms with Crippen LogP contribution < -0.4 is 5.32 Å². The molecule has 22 heavy (non-hydrogen) atoms. The van der Waals surface area contributed by atoms with Gasteiger partial charge in [-0.05, 0) is 37.3 Å². The monoisotopic (exact) mass is 322 g/mol. The molecular weight excluding hydrogens is 311 g/mol. The third-order valence-corrected chi connectivity index (χ3v) is 3.03. The van der Waals surface area contributed by atoms with Gasteiger partial charge in [0.15, 0.2) is 6.10 Å². The van der Waals surface area contributed by atoms with Gasteiger partial charge in [-0.2, -0.15) is 0 Å². The second-order valence-electron chi connectivity index (χ2n) is 4.38. The van der Waals surface area contributed by atoms with Crippen molar-refractivity contribution in [1.29, 1.82) is 0 Å².